The van der Waals surface area contributed by atoms with E-state index in [1.165, 1.54) is 12.8 Å². The molecule has 1 N–H and O–H groups in total. The summed E-state index contributed by atoms with van der Waals surface area (Å²) in [4.78, 5) is 12.0. The van der Waals surface area contributed by atoms with Crippen LogP contribution in [0.3, 0.4) is 0 Å². The fourth-order valence-corrected chi connectivity index (χ4v) is 2.86. The summed E-state index contributed by atoms with van der Waals surface area (Å²) in [5.74, 6) is 0.342. The van der Waals surface area contributed by atoms with Crippen LogP contribution < -0.4 is 5.32 Å². The molecule has 1 saturated carbocycles. The van der Waals surface area contributed by atoms with E-state index in [1.807, 2.05) is 30.5 Å². The van der Waals surface area contributed by atoms with Crippen molar-refractivity contribution in [2.45, 2.75) is 25.7 Å². The van der Waals surface area contributed by atoms with Crippen LogP contribution in [0.2, 0.25) is 0 Å². The van der Waals surface area contributed by atoms with E-state index in [2.05, 4.69) is 26.3 Å². The minimum atomic E-state index is 0.150. The number of nitrogens with zero attached hydrogens (tertiary/aromatic N) is 2. The first kappa shape index (κ1) is 13.4. The van der Waals surface area contributed by atoms with E-state index in [9.17, 15) is 4.79 Å². The van der Waals surface area contributed by atoms with Gasteiger partial charge in [0.1, 0.15) is 0 Å². The molecular formula is C15H16BrN3O. The Morgan fingerprint density at radius 3 is 2.55 bits per heavy atom. The van der Waals surface area contributed by atoms with Gasteiger partial charge in [0.15, 0.2) is 0 Å². The molecule has 0 aliphatic heterocycles. The fraction of sp³-hybridized carbons (Fsp3) is 0.333. The number of anilines is 1. The van der Waals surface area contributed by atoms with Gasteiger partial charge in [-0.05, 0) is 53.0 Å². The van der Waals surface area contributed by atoms with Crippen molar-refractivity contribution in [3.63, 3.8) is 0 Å². The third kappa shape index (κ3) is 2.93. The van der Waals surface area contributed by atoms with Gasteiger partial charge in [-0.3, -0.25) is 4.79 Å². The fourth-order valence-electron chi connectivity index (χ4n) is 2.57. The zero-order valence-corrected chi connectivity index (χ0v) is 12.6. The van der Waals surface area contributed by atoms with Crippen molar-refractivity contribution < 1.29 is 4.79 Å². The standard InChI is InChI=1S/C15H16BrN3O/c16-12-9-17-19(10-12)14-7-5-13(6-8-14)18-15(20)11-3-1-2-4-11/h5-11H,1-4H2,(H,18,20). The Morgan fingerprint density at radius 1 is 1.25 bits per heavy atom. The van der Waals surface area contributed by atoms with Gasteiger partial charge in [-0.25, -0.2) is 4.68 Å². The van der Waals surface area contributed by atoms with Gasteiger partial charge in [-0.15, -0.1) is 0 Å². The number of carbonyl (C=O) groups excluding carboxylic acids is 1. The van der Waals surface area contributed by atoms with E-state index in [0.717, 1.165) is 28.7 Å². The van der Waals surface area contributed by atoms with Crippen molar-refractivity contribution in [1.82, 2.24) is 9.78 Å². The molecule has 0 saturated heterocycles. The maximum Gasteiger partial charge on any atom is 0.227 e. The van der Waals surface area contributed by atoms with Crippen molar-refractivity contribution >= 4 is 27.5 Å². The number of aromatic nitrogens is 2. The number of carbonyl (C=O) groups is 1. The zero-order chi connectivity index (χ0) is 13.9. The van der Waals surface area contributed by atoms with E-state index < -0.39 is 0 Å². The molecule has 0 spiro atoms. The molecule has 1 aromatic carbocycles. The number of hydrogen-bond acceptors (Lipinski definition) is 2. The summed E-state index contributed by atoms with van der Waals surface area (Å²) in [6, 6.07) is 7.73. The molecule has 4 nitrogen and oxygen atoms in total. The molecule has 1 amide bonds. The molecule has 0 unspecified atom stereocenters. The van der Waals surface area contributed by atoms with Crippen LogP contribution >= 0.6 is 15.9 Å². The van der Waals surface area contributed by atoms with Crippen molar-refractivity contribution in [3.05, 3.63) is 41.1 Å². The molecule has 1 aliphatic rings. The molecule has 3 rings (SSSR count). The summed E-state index contributed by atoms with van der Waals surface area (Å²) in [6.07, 6.45) is 8.02. The largest absolute Gasteiger partial charge is 0.326 e. The zero-order valence-electron chi connectivity index (χ0n) is 11.1. The maximum absolute atomic E-state index is 12.0. The second-order valence-corrected chi connectivity index (χ2v) is 6.04. The predicted molar refractivity (Wildman–Crippen MR) is 81.9 cm³/mol. The van der Waals surface area contributed by atoms with Gasteiger partial charge in [0, 0.05) is 17.8 Å². The Kier molecular flexibility index (Phi) is 3.87. The molecule has 0 atom stereocenters. The van der Waals surface area contributed by atoms with Crippen LogP contribution in [0.4, 0.5) is 5.69 Å². The van der Waals surface area contributed by atoms with Crippen molar-refractivity contribution in [1.29, 1.82) is 0 Å². The normalized spacial score (nSPS) is 15.4. The number of hydrogen-bond donors (Lipinski definition) is 1. The summed E-state index contributed by atoms with van der Waals surface area (Å²) in [5.41, 5.74) is 1.81. The Bertz CT molecular complexity index is 600. The molecule has 0 radical (unpaired) electrons. The topological polar surface area (TPSA) is 46.9 Å². The third-order valence-corrected chi connectivity index (χ3v) is 4.09. The Hall–Kier alpha value is -1.62. The third-order valence-electron chi connectivity index (χ3n) is 3.68. The Balaban J connectivity index is 1.68. The van der Waals surface area contributed by atoms with Crippen LogP contribution in [0.25, 0.3) is 5.69 Å². The van der Waals surface area contributed by atoms with E-state index in [0.29, 0.717) is 0 Å². The summed E-state index contributed by atoms with van der Waals surface area (Å²) in [6.45, 7) is 0. The van der Waals surface area contributed by atoms with Gasteiger partial charge < -0.3 is 5.32 Å². The van der Waals surface area contributed by atoms with Gasteiger partial charge in [0.05, 0.1) is 16.4 Å². The van der Waals surface area contributed by atoms with Crippen LogP contribution in [-0.4, -0.2) is 15.7 Å². The highest BCUT2D eigenvalue weighted by Gasteiger charge is 2.22. The summed E-state index contributed by atoms with van der Waals surface area (Å²) < 4.78 is 2.73. The first-order valence-corrected chi connectivity index (χ1v) is 7.63. The molecule has 104 valence electrons. The van der Waals surface area contributed by atoms with Gasteiger partial charge in [0.25, 0.3) is 0 Å². The minimum Gasteiger partial charge on any atom is -0.326 e. The van der Waals surface area contributed by atoms with Gasteiger partial charge in [0.2, 0.25) is 5.91 Å². The molecule has 1 heterocycles. The highest BCUT2D eigenvalue weighted by atomic mass is 79.9. The Morgan fingerprint density at radius 2 is 1.95 bits per heavy atom. The maximum atomic E-state index is 12.0. The van der Waals surface area contributed by atoms with E-state index >= 15 is 0 Å². The molecule has 1 fully saturated rings. The highest BCUT2D eigenvalue weighted by Crippen LogP contribution is 2.26. The molecule has 1 aromatic heterocycles. The van der Waals surface area contributed by atoms with Crippen LogP contribution in [0, 0.1) is 5.92 Å². The van der Waals surface area contributed by atoms with Gasteiger partial charge in [-0.2, -0.15) is 5.10 Å². The van der Waals surface area contributed by atoms with Crippen LogP contribution in [0.1, 0.15) is 25.7 Å². The van der Waals surface area contributed by atoms with Gasteiger partial charge >= 0.3 is 0 Å². The van der Waals surface area contributed by atoms with E-state index in [-0.39, 0.29) is 11.8 Å². The van der Waals surface area contributed by atoms with Crippen molar-refractivity contribution in [2.24, 2.45) is 5.92 Å². The van der Waals surface area contributed by atoms with Crippen molar-refractivity contribution in [2.75, 3.05) is 5.32 Å². The summed E-state index contributed by atoms with van der Waals surface area (Å²) in [7, 11) is 0. The van der Waals surface area contributed by atoms with E-state index in [4.69, 9.17) is 0 Å². The molecule has 5 heteroatoms. The molecule has 2 aromatic rings. The monoisotopic (exact) mass is 333 g/mol. The van der Waals surface area contributed by atoms with E-state index in [1.54, 1.807) is 10.9 Å². The van der Waals surface area contributed by atoms with Gasteiger partial charge in [-0.1, -0.05) is 12.8 Å². The summed E-state index contributed by atoms with van der Waals surface area (Å²) >= 11 is 3.37. The second-order valence-electron chi connectivity index (χ2n) is 5.12. The first-order chi connectivity index (χ1) is 9.72. The number of halogens is 1. The Labute approximate surface area is 126 Å². The van der Waals surface area contributed by atoms with Crippen LogP contribution in [-0.2, 0) is 4.79 Å². The number of amides is 1. The summed E-state index contributed by atoms with van der Waals surface area (Å²) in [5, 5.41) is 7.21. The van der Waals surface area contributed by atoms with Crippen LogP contribution in [0.5, 0.6) is 0 Å². The smallest absolute Gasteiger partial charge is 0.227 e. The molecular weight excluding hydrogens is 318 g/mol. The number of nitrogens with one attached hydrogen (secondary N) is 1. The molecule has 0 bridgehead atoms. The lowest BCUT2D eigenvalue weighted by atomic mass is 10.1. The predicted octanol–water partition coefficient (Wildman–Crippen LogP) is 3.76. The lowest BCUT2D eigenvalue weighted by Gasteiger charge is -2.10. The minimum absolute atomic E-state index is 0.150. The molecule has 1 aliphatic carbocycles. The first-order valence-electron chi connectivity index (χ1n) is 6.84. The van der Waals surface area contributed by atoms with Crippen LogP contribution in [0.15, 0.2) is 41.1 Å². The highest BCUT2D eigenvalue weighted by molar-refractivity contribution is 9.10. The number of benzene rings is 1. The quantitative estimate of drug-likeness (QED) is 0.929. The average molecular weight is 334 g/mol. The second kappa shape index (κ2) is 5.79. The lowest BCUT2D eigenvalue weighted by molar-refractivity contribution is -0.119. The molecule has 20 heavy (non-hydrogen) atoms. The SMILES string of the molecule is O=C(Nc1ccc(-n2cc(Br)cn2)cc1)C1CCCC1. The lowest BCUT2D eigenvalue weighted by Crippen LogP contribution is -2.20. The van der Waals surface area contributed by atoms with Crippen molar-refractivity contribution in [3.8, 4) is 5.69 Å². The average Bonchev–Trinajstić information content (AvgIpc) is 3.10. The number of rotatable bonds is 3.